The predicted octanol–water partition coefficient (Wildman–Crippen LogP) is 0.695. The van der Waals surface area contributed by atoms with E-state index in [1.807, 2.05) is 0 Å². The van der Waals surface area contributed by atoms with Gasteiger partial charge in [-0.3, -0.25) is 4.79 Å². The van der Waals surface area contributed by atoms with Crippen molar-refractivity contribution in [1.82, 2.24) is 10.2 Å². The fraction of sp³-hybridized carbons (Fsp3) is 0.667. The molecule has 1 fully saturated rings. The third kappa shape index (κ3) is 6.24. The Labute approximate surface area is 107 Å². The van der Waals surface area contributed by atoms with Gasteiger partial charge >= 0.3 is 12.0 Å². The smallest absolute Gasteiger partial charge is 0.323 e. The molecular weight excluding hydrogens is 236 g/mol. The number of aliphatic carboxylic acids is 1. The summed E-state index contributed by atoms with van der Waals surface area (Å²) >= 11 is 0. The zero-order valence-electron chi connectivity index (χ0n) is 10.4. The van der Waals surface area contributed by atoms with Crippen LogP contribution < -0.4 is 5.32 Å². The molecule has 0 spiro atoms. The number of rotatable bonds is 9. The summed E-state index contributed by atoms with van der Waals surface area (Å²) in [5.74, 6) is -0.345. The summed E-state index contributed by atoms with van der Waals surface area (Å²) in [6.07, 6.45) is 3.96. The number of amides is 2. The molecule has 0 saturated heterocycles. The Balaban J connectivity index is 2.13. The summed E-state index contributed by atoms with van der Waals surface area (Å²) in [4.78, 5) is 23.4. The minimum Gasteiger partial charge on any atom is -0.480 e. The van der Waals surface area contributed by atoms with Crippen molar-refractivity contribution in [2.75, 3.05) is 32.8 Å². The molecular formula is C12H20N2O4. The molecule has 0 aromatic rings. The first kappa shape index (κ1) is 14.5. The molecule has 0 atom stereocenters. The number of hydrogen-bond donors (Lipinski definition) is 2. The van der Waals surface area contributed by atoms with Gasteiger partial charge in [-0.25, -0.2) is 4.79 Å². The summed E-state index contributed by atoms with van der Waals surface area (Å²) < 4.78 is 5.36. The molecule has 0 aromatic heterocycles. The summed E-state index contributed by atoms with van der Waals surface area (Å²) in [7, 11) is 0. The SMILES string of the molecule is C=CCN(CC(=O)O)C(=O)NCCOCC1CC1. The highest BCUT2D eigenvalue weighted by atomic mass is 16.5. The van der Waals surface area contributed by atoms with E-state index in [9.17, 15) is 9.59 Å². The van der Waals surface area contributed by atoms with Gasteiger partial charge in [0.05, 0.1) is 6.61 Å². The second-order valence-electron chi connectivity index (χ2n) is 4.31. The van der Waals surface area contributed by atoms with Gasteiger partial charge in [0.2, 0.25) is 0 Å². The van der Waals surface area contributed by atoms with Crippen molar-refractivity contribution in [2.24, 2.45) is 5.92 Å². The Morgan fingerprint density at radius 2 is 2.22 bits per heavy atom. The number of nitrogens with one attached hydrogen (secondary N) is 1. The van der Waals surface area contributed by atoms with Gasteiger partial charge in [-0.2, -0.15) is 0 Å². The van der Waals surface area contributed by atoms with Gasteiger partial charge in [0.1, 0.15) is 6.54 Å². The monoisotopic (exact) mass is 256 g/mol. The average molecular weight is 256 g/mol. The standard InChI is InChI=1S/C12H20N2O4/c1-2-6-14(8-11(15)16)12(17)13-5-7-18-9-10-3-4-10/h2,10H,1,3-9H2,(H,13,17)(H,15,16). The molecule has 2 amide bonds. The molecule has 0 aromatic carbocycles. The van der Waals surface area contributed by atoms with E-state index in [2.05, 4.69) is 11.9 Å². The highest BCUT2D eigenvalue weighted by Crippen LogP contribution is 2.28. The molecule has 0 heterocycles. The lowest BCUT2D eigenvalue weighted by molar-refractivity contribution is -0.137. The number of carbonyl (C=O) groups excluding carboxylic acids is 1. The van der Waals surface area contributed by atoms with E-state index in [0.29, 0.717) is 19.1 Å². The molecule has 0 bridgehead atoms. The maximum absolute atomic E-state index is 11.6. The maximum Gasteiger partial charge on any atom is 0.323 e. The average Bonchev–Trinajstić information content (AvgIpc) is 3.11. The lowest BCUT2D eigenvalue weighted by atomic mass is 10.4. The predicted molar refractivity (Wildman–Crippen MR) is 66.3 cm³/mol. The van der Waals surface area contributed by atoms with Crippen LogP contribution in [-0.2, 0) is 9.53 Å². The molecule has 1 saturated carbocycles. The van der Waals surface area contributed by atoms with Gasteiger partial charge < -0.3 is 20.1 Å². The lowest BCUT2D eigenvalue weighted by Gasteiger charge is -2.19. The normalized spacial score (nSPS) is 14.0. The topological polar surface area (TPSA) is 78.9 Å². The minimum atomic E-state index is -1.04. The van der Waals surface area contributed by atoms with Crippen LogP contribution in [0.5, 0.6) is 0 Å². The van der Waals surface area contributed by atoms with Gasteiger partial charge in [0.15, 0.2) is 0 Å². The number of carbonyl (C=O) groups is 2. The van der Waals surface area contributed by atoms with Gasteiger partial charge in [-0.1, -0.05) is 6.08 Å². The van der Waals surface area contributed by atoms with Crippen molar-refractivity contribution in [3.63, 3.8) is 0 Å². The van der Waals surface area contributed by atoms with Gasteiger partial charge in [-0.15, -0.1) is 6.58 Å². The van der Waals surface area contributed by atoms with Crippen LogP contribution in [-0.4, -0.2) is 54.9 Å². The molecule has 6 nitrogen and oxygen atoms in total. The Hall–Kier alpha value is -1.56. The van der Waals surface area contributed by atoms with Crippen LogP contribution in [0.2, 0.25) is 0 Å². The zero-order chi connectivity index (χ0) is 13.4. The number of carboxylic acid groups (broad SMARTS) is 1. The van der Waals surface area contributed by atoms with Crippen molar-refractivity contribution in [2.45, 2.75) is 12.8 Å². The van der Waals surface area contributed by atoms with Crippen molar-refractivity contribution in [3.8, 4) is 0 Å². The second-order valence-corrected chi connectivity index (χ2v) is 4.31. The lowest BCUT2D eigenvalue weighted by Crippen LogP contribution is -2.43. The van der Waals surface area contributed by atoms with Gasteiger partial charge in [0, 0.05) is 19.7 Å². The number of nitrogens with zero attached hydrogens (tertiary/aromatic N) is 1. The maximum atomic E-state index is 11.6. The first-order chi connectivity index (χ1) is 8.63. The Kier molecular flexibility index (Phi) is 6.21. The molecule has 0 aliphatic heterocycles. The number of urea groups is 1. The van der Waals surface area contributed by atoms with Crippen molar-refractivity contribution in [1.29, 1.82) is 0 Å². The van der Waals surface area contributed by atoms with Crippen LogP contribution in [0.1, 0.15) is 12.8 Å². The van der Waals surface area contributed by atoms with E-state index in [4.69, 9.17) is 9.84 Å². The summed E-state index contributed by atoms with van der Waals surface area (Å²) in [5, 5.41) is 11.3. The largest absolute Gasteiger partial charge is 0.480 e. The van der Waals surface area contributed by atoms with Crippen molar-refractivity contribution < 1.29 is 19.4 Å². The summed E-state index contributed by atoms with van der Waals surface area (Å²) in [6.45, 7) is 4.96. The molecule has 18 heavy (non-hydrogen) atoms. The van der Waals surface area contributed by atoms with E-state index >= 15 is 0 Å². The number of hydrogen-bond acceptors (Lipinski definition) is 3. The summed E-state index contributed by atoms with van der Waals surface area (Å²) in [6, 6.07) is -0.410. The molecule has 1 aliphatic carbocycles. The van der Waals surface area contributed by atoms with Crippen LogP contribution >= 0.6 is 0 Å². The van der Waals surface area contributed by atoms with Crippen LogP contribution in [0.15, 0.2) is 12.7 Å². The third-order valence-corrected chi connectivity index (χ3v) is 2.54. The molecule has 1 rings (SSSR count). The number of carboxylic acids is 1. The first-order valence-corrected chi connectivity index (χ1v) is 6.06. The molecule has 0 radical (unpaired) electrons. The fourth-order valence-electron chi connectivity index (χ4n) is 1.41. The number of ether oxygens (including phenoxy) is 1. The second kappa shape index (κ2) is 7.71. The quantitative estimate of drug-likeness (QED) is 0.470. The Bertz CT molecular complexity index is 302. The van der Waals surface area contributed by atoms with Gasteiger partial charge in [0.25, 0.3) is 0 Å². The van der Waals surface area contributed by atoms with Gasteiger partial charge in [-0.05, 0) is 18.8 Å². The van der Waals surface area contributed by atoms with Crippen molar-refractivity contribution in [3.05, 3.63) is 12.7 Å². The first-order valence-electron chi connectivity index (χ1n) is 6.06. The molecule has 102 valence electrons. The van der Waals surface area contributed by atoms with Crippen molar-refractivity contribution >= 4 is 12.0 Å². The fourth-order valence-corrected chi connectivity index (χ4v) is 1.41. The molecule has 0 unspecified atom stereocenters. The van der Waals surface area contributed by atoms with E-state index < -0.39 is 12.0 Å². The summed E-state index contributed by atoms with van der Waals surface area (Å²) in [5.41, 5.74) is 0. The van der Waals surface area contributed by atoms with Crippen LogP contribution in [0.25, 0.3) is 0 Å². The molecule has 2 N–H and O–H groups in total. The van der Waals surface area contributed by atoms with E-state index in [-0.39, 0.29) is 13.1 Å². The zero-order valence-corrected chi connectivity index (χ0v) is 10.4. The minimum absolute atomic E-state index is 0.209. The van der Waals surface area contributed by atoms with Crippen LogP contribution in [0, 0.1) is 5.92 Å². The molecule has 6 heteroatoms. The van der Waals surface area contributed by atoms with E-state index in [0.717, 1.165) is 6.61 Å². The third-order valence-electron chi connectivity index (χ3n) is 2.54. The molecule has 1 aliphatic rings. The van der Waals surface area contributed by atoms with Crippen LogP contribution in [0.3, 0.4) is 0 Å². The highest BCUT2D eigenvalue weighted by molar-refractivity contribution is 5.80. The van der Waals surface area contributed by atoms with E-state index in [1.54, 1.807) is 0 Å². The Morgan fingerprint density at radius 3 is 2.78 bits per heavy atom. The van der Waals surface area contributed by atoms with Crippen LogP contribution in [0.4, 0.5) is 4.79 Å². The Morgan fingerprint density at radius 1 is 1.50 bits per heavy atom. The highest BCUT2D eigenvalue weighted by Gasteiger charge is 2.21. The van der Waals surface area contributed by atoms with E-state index in [1.165, 1.54) is 23.8 Å².